The lowest BCUT2D eigenvalue weighted by Gasteiger charge is -2.34. The fourth-order valence-corrected chi connectivity index (χ4v) is 3.58. The molecule has 1 rings (SSSR count). The fraction of sp³-hybridized carbons (Fsp3) is 0.933. The number of carbonyl (C=O) groups is 1. The predicted octanol–water partition coefficient (Wildman–Crippen LogP) is -0.246. The van der Waals surface area contributed by atoms with Gasteiger partial charge in [0.05, 0.1) is 6.26 Å². The maximum Gasteiger partial charge on any atom is 0.223 e. The van der Waals surface area contributed by atoms with Crippen LogP contribution in [0.25, 0.3) is 0 Å². The van der Waals surface area contributed by atoms with Gasteiger partial charge < -0.3 is 14.7 Å². The highest BCUT2D eigenvalue weighted by atomic mass is 32.2. The lowest BCUT2D eigenvalue weighted by Crippen LogP contribution is -2.49. The molecular weight excluding hydrogens is 316 g/mol. The third-order valence-electron chi connectivity index (χ3n) is 4.23. The average molecular weight is 349 g/mol. The average Bonchev–Trinajstić information content (AvgIpc) is 2.48. The van der Waals surface area contributed by atoms with Crippen LogP contribution in [0.4, 0.5) is 0 Å². The first-order valence-corrected chi connectivity index (χ1v) is 10.2. The number of sulfonamides is 1. The van der Waals surface area contributed by atoms with Crippen molar-refractivity contribution in [2.45, 2.75) is 19.8 Å². The number of hydrogen-bond donors (Lipinski definition) is 0. The number of amides is 1. The minimum atomic E-state index is -3.27. The van der Waals surface area contributed by atoms with Crippen molar-refractivity contribution in [3.8, 4) is 0 Å². The first-order chi connectivity index (χ1) is 10.7. The fourth-order valence-electron chi connectivity index (χ4n) is 2.70. The molecule has 1 aliphatic rings. The summed E-state index contributed by atoms with van der Waals surface area (Å²) < 4.78 is 25.1. The molecule has 136 valence electrons. The molecule has 0 aromatic carbocycles. The van der Waals surface area contributed by atoms with Gasteiger partial charge in [0, 0.05) is 45.7 Å². The quantitative estimate of drug-likeness (QED) is 0.575. The summed E-state index contributed by atoms with van der Waals surface area (Å²) >= 11 is 0. The zero-order valence-electron chi connectivity index (χ0n) is 15.0. The van der Waals surface area contributed by atoms with E-state index in [-0.39, 0.29) is 18.9 Å². The lowest BCUT2D eigenvalue weighted by molar-refractivity contribution is -0.133. The smallest absolute Gasteiger partial charge is 0.223 e. The number of hydrogen-bond acceptors (Lipinski definition) is 5. The molecule has 0 aliphatic carbocycles. The van der Waals surface area contributed by atoms with Gasteiger partial charge in [-0.25, -0.2) is 12.7 Å². The standard InChI is InChI=1S/C15H32N4O3S/c1-5-17-11-13-18(14-12-17)15(20)7-10-19(23(4,21)22)9-6-8-16(2)3/h5-14H2,1-4H3. The topological polar surface area (TPSA) is 64.2 Å². The summed E-state index contributed by atoms with van der Waals surface area (Å²) in [4.78, 5) is 18.5. The second kappa shape index (κ2) is 9.56. The maximum atomic E-state index is 12.3. The lowest BCUT2D eigenvalue weighted by atomic mass is 10.2. The molecule has 1 heterocycles. The summed E-state index contributed by atoms with van der Waals surface area (Å²) in [6, 6.07) is 0. The first-order valence-electron chi connectivity index (χ1n) is 8.34. The van der Waals surface area contributed by atoms with Crippen molar-refractivity contribution in [3.63, 3.8) is 0 Å². The van der Waals surface area contributed by atoms with E-state index in [1.807, 2.05) is 23.9 Å². The molecule has 0 radical (unpaired) electrons. The Hall–Kier alpha value is -0.700. The van der Waals surface area contributed by atoms with Crippen LogP contribution in [0.2, 0.25) is 0 Å². The summed E-state index contributed by atoms with van der Waals surface area (Å²) in [6.07, 6.45) is 2.25. The van der Waals surface area contributed by atoms with Gasteiger partial charge in [0.1, 0.15) is 0 Å². The molecule has 1 saturated heterocycles. The number of nitrogens with zero attached hydrogens (tertiary/aromatic N) is 4. The molecule has 0 aromatic heterocycles. The number of likely N-dealkylation sites (N-methyl/N-ethyl adjacent to an activating group) is 1. The van der Waals surface area contributed by atoms with E-state index in [0.717, 1.165) is 45.7 Å². The van der Waals surface area contributed by atoms with Crippen LogP contribution < -0.4 is 0 Å². The number of rotatable bonds is 9. The second-order valence-electron chi connectivity index (χ2n) is 6.38. The van der Waals surface area contributed by atoms with E-state index in [1.165, 1.54) is 10.6 Å². The van der Waals surface area contributed by atoms with E-state index in [0.29, 0.717) is 6.54 Å². The Morgan fingerprint density at radius 2 is 1.65 bits per heavy atom. The Bertz CT molecular complexity index is 459. The van der Waals surface area contributed by atoms with Gasteiger partial charge in [0.25, 0.3) is 0 Å². The first kappa shape index (κ1) is 20.3. The van der Waals surface area contributed by atoms with E-state index in [2.05, 4.69) is 11.8 Å². The van der Waals surface area contributed by atoms with Gasteiger partial charge in [-0.05, 0) is 33.6 Å². The molecule has 0 N–H and O–H groups in total. The van der Waals surface area contributed by atoms with Gasteiger partial charge in [0.15, 0.2) is 0 Å². The second-order valence-corrected chi connectivity index (χ2v) is 8.37. The normalized spacial score (nSPS) is 17.2. The van der Waals surface area contributed by atoms with Crippen LogP contribution in [-0.2, 0) is 14.8 Å². The summed E-state index contributed by atoms with van der Waals surface area (Å²) in [5, 5.41) is 0. The van der Waals surface area contributed by atoms with E-state index in [4.69, 9.17) is 0 Å². The minimum absolute atomic E-state index is 0.0574. The minimum Gasteiger partial charge on any atom is -0.340 e. The summed E-state index contributed by atoms with van der Waals surface area (Å²) in [7, 11) is 0.659. The third-order valence-corrected chi connectivity index (χ3v) is 5.53. The number of carbonyl (C=O) groups excluding carboxylic acids is 1. The summed E-state index contributed by atoms with van der Waals surface area (Å²) in [6.45, 7) is 8.00. The van der Waals surface area contributed by atoms with Crippen LogP contribution in [0.3, 0.4) is 0 Å². The molecule has 1 aliphatic heterocycles. The molecule has 0 saturated carbocycles. The SMILES string of the molecule is CCN1CCN(C(=O)CCN(CCCN(C)C)S(C)(=O)=O)CC1. The van der Waals surface area contributed by atoms with Crippen molar-refractivity contribution in [2.75, 3.05) is 72.7 Å². The Kier molecular flexibility index (Phi) is 8.46. The van der Waals surface area contributed by atoms with Gasteiger partial charge in [-0.2, -0.15) is 0 Å². The van der Waals surface area contributed by atoms with Crippen molar-refractivity contribution in [1.82, 2.24) is 19.0 Å². The molecule has 1 fully saturated rings. The van der Waals surface area contributed by atoms with Crippen LogP contribution in [0.5, 0.6) is 0 Å². The Labute approximate surface area is 141 Å². The summed E-state index contributed by atoms with van der Waals surface area (Å²) in [5.41, 5.74) is 0. The van der Waals surface area contributed by atoms with Gasteiger partial charge >= 0.3 is 0 Å². The van der Waals surface area contributed by atoms with Gasteiger partial charge in [-0.1, -0.05) is 6.92 Å². The molecule has 0 aromatic rings. The number of piperazine rings is 1. The zero-order chi connectivity index (χ0) is 17.5. The highest BCUT2D eigenvalue weighted by Gasteiger charge is 2.22. The van der Waals surface area contributed by atoms with Crippen LogP contribution in [0, 0.1) is 0 Å². The van der Waals surface area contributed by atoms with E-state index in [9.17, 15) is 13.2 Å². The van der Waals surface area contributed by atoms with Crippen molar-refractivity contribution in [3.05, 3.63) is 0 Å². The third kappa shape index (κ3) is 7.60. The highest BCUT2D eigenvalue weighted by Crippen LogP contribution is 2.07. The van der Waals surface area contributed by atoms with E-state index < -0.39 is 10.0 Å². The van der Waals surface area contributed by atoms with Crippen molar-refractivity contribution < 1.29 is 13.2 Å². The Morgan fingerprint density at radius 3 is 2.13 bits per heavy atom. The van der Waals surface area contributed by atoms with Gasteiger partial charge in [0.2, 0.25) is 15.9 Å². The molecule has 0 spiro atoms. The molecule has 0 bridgehead atoms. The molecule has 1 amide bonds. The van der Waals surface area contributed by atoms with Crippen LogP contribution >= 0.6 is 0 Å². The summed E-state index contributed by atoms with van der Waals surface area (Å²) in [5.74, 6) is 0.0574. The molecule has 0 atom stereocenters. The molecule has 8 heteroatoms. The van der Waals surface area contributed by atoms with E-state index >= 15 is 0 Å². The van der Waals surface area contributed by atoms with Gasteiger partial charge in [-0.3, -0.25) is 4.79 Å². The molecule has 0 unspecified atom stereocenters. The van der Waals surface area contributed by atoms with Crippen LogP contribution in [0.15, 0.2) is 0 Å². The largest absolute Gasteiger partial charge is 0.340 e. The van der Waals surface area contributed by atoms with Crippen molar-refractivity contribution >= 4 is 15.9 Å². The monoisotopic (exact) mass is 348 g/mol. The van der Waals surface area contributed by atoms with Crippen LogP contribution in [-0.4, -0.2) is 106 Å². The molecular formula is C15H32N4O3S. The molecule has 23 heavy (non-hydrogen) atoms. The maximum absolute atomic E-state index is 12.3. The highest BCUT2D eigenvalue weighted by molar-refractivity contribution is 7.88. The zero-order valence-corrected chi connectivity index (χ0v) is 15.8. The van der Waals surface area contributed by atoms with Crippen molar-refractivity contribution in [1.29, 1.82) is 0 Å². The Morgan fingerprint density at radius 1 is 1.04 bits per heavy atom. The van der Waals surface area contributed by atoms with E-state index in [1.54, 1.807) is 0 Å². The van der Waals surface area contributed by atoms with Gasteiger partial charge in [-0.15, -0.1) is 0 Å². The van der Waals surface area contributed by atoms with Crippen LogP contribution in [0.1, 0.15) is 19.8 Å². The van der Waals surface area contributed by atoms with Crippen molar-refractivity contribution in [2.24, 2.45) is 0 Å². The predicted molar refractivity (Wildman–Crippen MR) is 92.9 cm³/mol. The molecule has 7 nitrogen and oxygen atoms in total. The Balaban J connectivity index is 2.43.